The van der Waals surface area contributed by atoms with Crippen LogP contribution in [0.5, 0.6) is 0 Å². The van der Waals surface area contributed by atoms with Crippen LogP contribution in [0.1, 0.15) is 53.6 Å². The first kappa shape index (κ1) is 13.6. The molecule has 1 fully saturated rings. The van der Waals surface area contributed by atoms with Gasteiger partial charge in [-0.1, -0.05) is 12.5 Å². The lowest BCUT2D eigenvalue weighted by molar-refractivity contribution is 0.0942. The monoisotopic (exact) mass is 272 g/mol. The van der Waals surface area contributed by atoms with E-state index in [4.69, 9.17) is 5.73 Å². The number of carbonyl (C=O) groups excluding carboxylic acids is 1. The predicted octanol–water partition coefficient (Wildman–Crippen LogP) is 2.42. The quantitative estimate of drug-likeness (QED) is 0.888. The molecule has 1 amide bonds. The molecule has 3 nitrogen and oxygen atoms in total. The maximum Gasteiger partial charge on any atom is 0.251 e. The Morgan fingerprint density at radius 1 is 1.20 bits per heavy atom. The Morgan fingerprint density at radius 2 is 2.05 bits per heavy atom. The van der Waals surface area contributed by atoms with Gasteiger partial charge in [-0.2, -0.15) is 0 Å². The summed E-state index contributed by atoms with van der Waals surface area (Å²) < 4.78 is 0. The van der Waals surface area contributed by atoms with Crippen molar-refractivity contribution < 1.29 is 4.79 Å². The average Bonchev–Trinajstić information content (AvgIpc) is 2.92. The summed E-state index contributed by atoms with van der Waals surface area (Å²) in [6, 6.07) is 6.48. The van der Waals surface area contributed by atoms with Gasteiger partial charge in [0.25, 0.3) is 5.91 Å². The fraction of sp³-hybridized carbons (Fsp3) is 0.588. The number of hydrogen-bond donors (Lipinski definition) is 2. The Morgan fingerprint density at radius 3 is 2.90 bits per heavy atom. The van der Waals surface area contributed by atoms with Crippen molar-refractivity contribution in [3.8, 4) is 0 Å². The Balaban J connectivity index is 1.56. The summed E-state index contributed by atoms with van der Waals surface area (Å²) in [5.74, 6) is 0.621. The Bertz CT molecular complexity index is 498. The van der Waals surface area contributed by atoms with Crippen LogP contribution in [0, 0.1) is 5.92 Å². The second kappa shape index (κ2) is 5.96. The van der Waals surface area contributed by atoms with E-state index >= 15 is 0 Å². The highest BCUT2D eigenvalue weighted by atomic mass is 16.1. The minimum absolute atomic E-state index is 0.0684. The molecule has 0 radical (unpaired) electrons. The summed E-state index contributed by atoms with van der Waals surface area (Å²) in [6.07, 6.45) is 8.07. The van der Waals surface area contributed by atoms with Crippen molar-refractivity contribution in [3.05, 3.63) is 34.9 Å². The van der Waals surface area contributed by atoms with E-state index < -0.39 is 0 Å². The highest BCUT2D eigenvalue weighted by molar-refractivity contribution is 5.94. The molecule has 0 saturated heterocycles. The fourth-order valence-corrected chi connectivity index (χ4v) is 3.57. The molecule has 0 spiro atoms. The normalized spacial score (nSPS) is 25.2. The molecule has 3 N–H and O–H groups in total. The van der Waals surface area contributed by atoms with E-state index in [1.165, 1.54) is 30.4 Å². The number of nitrogens with one attached hydrogen (secondary N) is 1. The molecule has 1 aromatic rings. The molecule has 108 valence electrons. The third kappa shape index (κ3) is 3.04. The molecule has 1 saturated carbocycles. The van der Waals surface area contributed by atoms with Crippen molar-refractivity contribution in [2.75, 3.05) is 6.54 Å². The lowest BCUT2D eigenvalue weighted by Gasteiger charge is -2.26. The maximum absolute atomic E-state index is 12.2. The van der Waals surface area contributed by atoms with Gasteiger partial charge < -0.3 is 11.1 Å². The zero-order chi connectivity index (χ0) is 13.9. The molecule has 2 aliphatic carbocycles. The van der Waals surface area contributed by atoms with Gasteiger partial charge in [0.2, 0.25) is 0 Å². The number of benzene rings is 1. The molecule has 2 unspecified atom stereocenters. The summed E-state index contributed by atoms with van der Waals surface area (Å²) in [5, 5.41) is 3.09. The minimum Gasteiger partial charge on any atom is -0.352 e. The van der Waals surface area contributed by atoms with Crippen LogP contribution < -0.4 is 11.1 Å². The van der Waals surface area contributed by atoms with Crippen LogP contribution in [0.4, 0.5) is 0 Å². The highest BCUT2D eigenvalue weighted by Crippen LogP contribution is 2.24. The first-order valence-electron chi connectivity index (χ1n) is 7.88. The van der Waals surface area contributed by atoms with Gasteiger partial charge in [0.15, 0.2) is 0 Å². The number of amides is 1. The number of nitrogens with two attached hydrogens (primary N) is 1. The van der Waals surface area contributed by atoms with Crippen LogP contribution in [0.15, 0.2) is 18.2 Å². The van der Waals surface area contributed by atoms with Gasteiger partial charge >= 0.3 is 0 Å². The third-order valence-electron chi connectivity index (χ3n) is 4.74. The Labute approximate surface area is 120 Å². The van der Waals surface area contributed by atoms with Crippen LogP contribution in [0.25, 0.3) is 0 Å². The van der Waals surface area contributed by atoms with Crippen LogP contribution in [-0.4, -0.2) is 18.5 Å². The second-order valence-electron chi connectivity index (χ2n) is 6.34. The largest absolute Gasteiger partial charge is 0.352 e. The molecule has 1 aromatic carbocycles. The van der Waals surface area contributed by atoms with Gasteiger partial charge in [-0.05, 0) is 67.7 Å². The van der Waals surface area contributed by atoms with E-state index in [0.29, 0.717) is 12.0 Å². The molecular formula is C17H24N2O. The van der Waals surface area contributed by atoms with E-state index in [1.54, 1.807) is 0 Å². The zero-order valence-electron chi connectivity index (χ0n) is 12.0. The lowest BCUT2D eigenvalue weighted by atomic mass is 9.86. The number of fused-ring (bicyclic) bond motifs is 1. The molecule has 0 aliphatic heterocycles. The molecule has 2 aliphatic rings. The van der Waals surface area contributed by atoms with E-state index in [1.807, 2.05) is 6.07 Å². The predicted molar refractivity (Wildman–Crippen MR) is 80.7 cm³/mol. The number of hydrogen-bond acceptors (Lipinski definition) is 2. The Hall–Kier alpha value is -1.35. The molecule has 2 atom stereocenters. The SMILES string of the molecule is NC1CCCC(CNC(=O)c2ccc3c(c2)CCC3)C1. The van der Waals surface area contributed by atoms with Gasteiger partial charge in [0.1, 0.15) is 0 Å². The van der Waals surface area contributed by atoms with Crippen molar-refractivity contribution >= 4 is 5.91 Å². The average molecular weight is 272 g/mol. The first-order valence-corrected chi connectivity index (χ1v) is 7.88. The van der Waals surface area contributed by atoms with Gasteiger partial charge in [-0.3, -0.25) is 4.79 Å². The smallest absolute Gasteiger partial charge is 0.251 e. The van der Waals surface area contributed by atoms with Crippen LogP contribution in [0.3, 0.4) is 0 Å². The molecule has 0 aromatic heterocycles. The third-order valence-corrected chi connectivity index (χ3v) is 4.74. The molecular weight excluding hydrogens is 248 g/mol. The number of carbonyl (C=O) groups is 1. The Kier molecular flexibility index (Phi) is 4.06. The number of rotatable bonds is 3. The minimum atomic E-state index is 0.0684. The number of aryl methyl sites for hydroxylation is 2. The summed E-state index contributed by atoms with van der Waals surface area (Å²) in [6.45, 7) is 0.767. The van der Waals surface area contributed by atoms with Crippen LogP contribution in [-0.2, 0) is 12.8 Å². The van der Waals surface area contributed by atoms with Crippen molar-refractivity contribution in [2.24, 2.45) is 11.7 Å². The van der Waals surface area contributed by atoms with Crippen LogP contribution in [0.2, 0.25) is 0 Å². The van der Waals surface area contributed by atoms with Crippen molar-refractivity contribution in [2.45, 2.75) is 51.0 Å². The zero-order valence-corrected chi connectivity index (χ0v) is 12.0. The summed E-state index contributed by atoms with van der Waals surface area (Å²) in [5.41, 5.74) is 9.58. The lowest BCUT2D eigenvalue weighted by Crippen LogP contribution is -2.35. The maximum atomic E-state index is 12.2. The van der Waals surface area contributed by atoms with E-state index in [0.717, 1.165) is 37.8 Å². The highest BCUT2D eigenvalue weighted by Gasteiger charge is 2.20. The molecule has 0 bridgehead atoms. The summed E-state index contributed by atoms with van der Waals surface area (Å²) >= 11 is 0. The first-order chi connectivity index (χ1) is 9.72. The molecule has 20 heavy (non-hydrogen) atoms. The topological polar surface area (TPSA) is 55.1 Å². The summed E-state index contributed by atoms with van der Waals surface area (Å²) in [4.78, 5) is 12.2. The van der Waals surface area contributed by atoms with Gasteiger partial charge in [-0.25, -0.2) is 0 Å². The van der Waals surface area contributed by atoms with Crippen molar-refractivity contribution in [3.63, 3.8) is 0 Å². The van der Waals surface area contributed by atoms with Gasteiger partial charge in [0.05, 0.1) is 0 Å². The fourth-order valence-electron chi connectivity index (χ4n) is 3.57. The molecule has 3 rings (SSSR count). The van der Waals surface area contributed by atoms with Crippen LogP contribution >= 0.6 is 0 Å². The molecule has 3 heteroatoms. The van der Waals surface area contributed by atoms with E-state index in [-0.39, 0.29) is 5.91 Å². The van der Waals surface area contributed by atoms with Gasteiger partial charge in [0, 0.05) is 18.2 Å². The standard InChI is InChI=1S/C17H24N2O/c18-16-6-1-3-12(9-16)11-19-17(20)15-8-7-13-4-2-5-14(13)10-15/h7-8,10,12,16H,1-6,9,11,18H2,(H,19,20). The van der Waals surface area contributed by atoms with E-state index in [9.17, 15) is 4.79 Å². The van der Waals surface area contributed by atoms with Crippen molar-refractivity contribution in [1.29, 1.82) is 0 Å². The van der Waals surface area contributed by atoms with E-state index in [2.05, 4.69) is 17.4 Å². The van der Waals surface area contributed by atoms with Gasteiger partial charge in [-0.15, -0.1) is 0 Å². The second-order valence-corrected chi connectivity index (χ2v) is 6.34. The van der Waals surface area contributed by atoms with Crippen molar-refractivity contribution in [1.82, 2.24) is 5.32 Å². The molecule has 0 heterocycles. The summed E-state index contributed by atoms with van der Waals surface area (Å²) in [7, 11) is 0.